The van der Waals surface area contributed by atoms with Crippen LogP contribution in [0.2, 0.25) is 0 Å². The van der Waals surface area contributed by atoms with Crippen LogP contribution in [0.15, 0.2) is 4.99 Å². The van der Waals surface area contributed by atoms with Crippen LogP contribution < -0.4 is 5.32 Å². The summed E-state index contributed by atoms with van der Waals surface area (Å²) in [6.07, 6.45) is -0.432. The van der Waals surface area contributed by atoms with Crippen LogP contribution in [0.5, 0.6) is 0 Å². The summed E-state index contributed by atoms with van der Waals surface area (Å²) >= 11 is 0. The van der Waals surface area contributed by atoms with Crippen molar-refractivity contribution in [2.45, 2.75) is 6.29 Å². The summed E-state index contributed by atoms with van der Waals surface area (Å²) in [7, 11) is 4.47. The number of ether oxygens (including phenoxy) is 2. The molecule has 0 fully saturated rings. The molecule has 0 heterocycles. The van der Waals surface area contributed by atoms with Gasteiger partial charge < -0.3 is 14.8 Å². The lowest BCUT2D eigenvalue weighted by Crippen LogP contribution is -2.37. The normalized spacial score (nSPS) is 11.9. The smallest absolute Gasteiger partial charge is 0.259 e. The summed E-state index contributed by atoms with van der Waals surface area (Å²) in [5.41, 5.74) is 0. The highest BCUT2D eigenvalue weighted by atomic mass is 16.7. The minimum atomic E-state index is -0.454. The van der Waals surface area contributed by atoms with E-state index in [0.29, 0.717) is 12.4 Å². The predicted octanol–water partition coefficient (Wildman–Crippen LogP) is -0.500. The average Bonchev–Trinajstić information content (AvgIpc) is 2.17. The molecule has 0 rings (SSSR count). The Morgan fingerprint density at radius 3 is 2.50 bits per heavy atom. The summed E-state index contributed by atoms with van der Waals surface area (Å²) in [6, 6.07) is 0. The molecule has 0 radical (unpaired) electrons. The monoisotopic (exact) mass is 205 g/mol. The van der Waals surface area contributed by atoms with Gasteiger partial charge in [-0.2, -0.15) is 0 Å². The fourth-order valence-electron chi connectivity index (χ4n) is 0.792. The zero-order chi connectivity index (χ0) is 11.0. The van der Waals surface area contributed by atoms with E-state index < -0.39 is 11.2 Å². The second-order valence-electron chi connectivity index (χ2n) is 2.44. The van der Waals surface area contributed by atoms with E-state index in [4.69, 9.17) is 9.47 Å². The van der Waals surface area contributed by atoms with Gasteiger partial charge >= 0.3 is 0 Å². The van der Waals surface area contributed by atoms with Crippen LogP contribution in [0.3, 0.4) is 0 Å². The molecular weight excluding hydrogens is 190 g/mol. The molecule has 0 aromatic carbocycles. The predicted molar refractivity (Wildman–Crippen MR) is 51.0 cm³/mol. The Kier molecular flexibility index (Phi) is 6.59. The largest absolute Gasteiger partial charge is 0.363 e. The third kappa shape index (κ3) is 5.44. The Morgan fingerprint density at radius 1 is 1.57 bits per heavy atom. The molecule has 0 aromatic rings. The van der Waals surface area contributed by atoms with E-state index in [-0.39, 0.29) is 6.54 Å². The lowest BCUT2D eigenvalue weighted by molar-refractivity contribution is -0.463. The highest BCUT2D eigenvalue weighted by Gasteiger charge is 2.09. The van der Waals surface area contributed by atoms with Gasteiger partial charge in [-0.05, 0) is 0 Å². The van der Waals surface area contributed by atoms with Crippen LogP contribution in [0.25, 0.3) is 0 Å². The maximum Gasteiger partial charge on any atom is 0.259 e. The first-order valence-corrected chi connectivity index (χ1v) is 4.01. The molecule has 0 unspecified atom stereocenters. The lowest BCUT2D eigenvalue weighted by Gasteiger charge is -2.14. The van der Waals surface area contributed by atoms with E-state index in [1.807, 2.05) is 0 Å². The molecule has 0 aliphatic heterocycles. The van der Waals surface area contributed by atoms with E-state index in [1.165, 1.54) is 21.3 Å². The third-order valence-electron chi connectivity index (χ3n) is 1.55. The van der Waals surface area contributed by atoms with Gasteiger partial charge in [-0.3, -0.25) is 15.1 Å². The van der Waals surface area contributed by atoms with Crippen molar-refractivity contribution >= 4 is 5.84 Å². The third-order valence-corrected chi connectivity index (χ3v) is 1.55. The fourth-order valence-corrected chi connectivity index (χ4v) is 0.792. The highest BCUT2D eigenvalue weighted by Crippen LogP contribution is 1.88. The van der Waals surface area contributed by atoms with E-state index >= 15 is 0 Å². The summed E-state index contributed by atoms with van der Waals surface area (Å²) < 4.78 is 9.78. The van der Waals surface area contributed by atoms with Crippen LogP contribution >= 0.6 is 0 Å². The number of amidine groups is 1. The van der Waals surface area contributed by atoms with E-state index in [0.717, 1.165) is 0 Å². The second-order valence-corrected chi connectivity index (χ2v) is 2.44. The zero-order valence-corrected chi connectivity index (χ0v) is 8.52. The Bertz CT molecular complexity index is 203. The van der Waals surface area contributed by atoms with Crippen molar-refractivity contribution in [2.24, 2.45) is 4.99 Å². The average molecular weight is 205 g/mol. The first kappa shape index (κ1) is 12.8. The number of methoxy groups -OCH3 is 2. The highest BCUT2D eigenvalue weighted by molar-refractivity contribution is 5.82. The van der Waals surface area contributed by atoms with Gasteiger partial charge in [-0.1, -0.05) is 0 Å². The summed E-state index contributed by atoms with van der Waals surface area (Å²) in [5, 5.41) is 12.9. The number of hydrogen-bond donors (Lipinski definition) is 1. The molecule has 82 valence electrons. The van der Waals surface area contributed by atoms with Crippen molar-refractivity contribution < 1.29 is 14.4 Å². The van der Waals surface area contributed by atoms with Crippen molar-refractivity contribution in [3.63, 3.8) is 0 Å². The van der Waals surface area contributed by atoms with Crippen molar-refractivity contribution in [3.8, 4) is 0 Å². The second kappa shape index (κ2) is 7.22. The molecule has 7 heteroatoms. The lowest BCUT2D eigenvalue weighted by atomic mass is 10.5. The minimum absolute atomic E-state index is 0.300. The van der Waals surface area contributed by atoms with Crippen LogP contribution in [0.1, 0.15) is 0 Å². The Balaban J connectivity index is 3.89. The molecule has 0 atom stereocenters. The molecule has 0 bridgehead atoms. The van der Waals surface area contributed by atoms with Crippen LogP contribution in [0, 0.1) is 10.1 Å². The van der Waals surface area contributed by atoms with Crippen molar-refractivity contribution in [2.75, 3.05) is 34.4 Å². The number of hydrogen-bond acceptors (Lipinski definition) is 5. The summed E-state index contributed by atoms with van der Waals surface area (Å²) in [5.74, 6) is 0.300. The topological polar surface area (TPSA) is 86.0 Å². The van der Waals surface area contributed by atoms with Gasteiger partial charge in [0.25, 0.3) is 6.54 Å². The molecule has 14 heavy (non-hydrogen) atoms. The van der Waals surface area contributed by atoms with Crippen molar-refractivity contribution in [1.29, 1.82) is 0 Å². The van der Waals surface area contributed by atoms with E-state index in [1.54, 1.807) is 0 Å². The van der Waals surface area contributed by atoms with Gasteiger partial charge in [0.05, 0.1) is 6.54 Å². The number of rotatable bonds is 6. The SMILES string of the molecule is CN=C(C[N+](=O)[O-])NCC(OC)OC. The standard InChI is InChI=1S/C7H15N3O4/c1-8-6(5-10(11)12)9-4-7(13-2)14-3/h7H,4-5H2,1-3H3,(H,8,9). The fraction of sp³-hybridized carbons (Fsp3) is 0.857. The molecule has 0 saturated carbocycles. The number of nitrogens with zero attached hydrogens (tertiary/aromatic N) is 2. The van der Waals surface area contributed by atoms with Crippen LogP contribution in [-0.2, 0) is 9.47 Å². The number of nitrogens with one attached hydrogen (secondary N) is 1. The molecular formula is C7H15N3O4. The molecule has 0 amide bonds. The molecule has 0 aromatic heterocycles. The first-order valence-electron chi connectivity index (χ1n) is 4.01. The Labute approximate surface area is 82.3 Å². The summed E-state index contributed by atoms with van der Waals surface area (Å²) in [4.78, 5) is 13.4. The maximum atomic E-state index is 10.2. The summed E-state index contributed by atoms with van der Waals surface area (Å²) in [6.45, 7) is 0.00413. The Morgan fingerprint density at radius 2 is 2.14 bits per heavy atom. The molecule has 1 N–H and O–H groups in total. The van der Waals surface area contributed by atoms with Crippen molar-refractivity contribution in [3.05, 3.63) is 10.1 Å². The van der Waals surface area contributed by atoms with Gasteiger partial charge in [0, 0.05) is 26.2 Å². The van der Waals surface area contributed by atoms with E-state index in [2.05, 4.69) is 10.3 Å². The quantitative estimate of drug-likeness (QED) is 0.208. The van der Waals surface area contributed by atoms with Gasteiger partial charge in [0.15, 0.2) is 12.1 Å². The molecule has 0 saturated heterocycles. The number of aliphatic imine (C=N–C) groups is 1. The van der Waals surface area contributed by atoms with Gasteiger partial charge in [0.2, 0.25) is 0 Å². The van der Waals surface area contributed by atoms with Crippen LogP contribution in [0.4, 0.5) is 0 Å². The first-order chi connectivity index (χ1) is 6.63. The maximum absolute atomic E-state index is 10.2. The minimum Gasteiger partial charge on any atom is -0.363 e. The van der Waals surface area contributed by atoms with Crippen LogP contribution in [-0.4, -0.2) is 51.4 Å². The van der Waals surface area contributed by atoms with E-state index in [9.17, 15) is 10.1 Å². The number of nitro groups is 1. The van der Waals surface area contributed by atoms with Gasteiger partial charge in [0.1, 0.15) is 0 Å². The molecule has 0 aliphatic carbocycles. The van der Waals surface area contributed by atoms with Crippen molar-refractivity contribution in [1.82, 2.24) is 5.32 Å². The molecule has 7 nitrogen and oxygen atoms in total. The molecule has 0 aliphatic rings. The van der Waals surface area contributed by atoms with Gasteiger partial charge in [-0.15, -0.1) is 0 Å². The van der Waals surface area contributed by atoms with Gasteiger partial charge in [-0.25, -0.2) is 0 Å². The molecule has 0 spiro atoms. The Hall–Kier alpha value is -1.21. The zero-order valence-electron chi connectivity index (χ0n) is 8.52.